The molecule has 1 fully saturated rings. The van der Waals surface area contributed by atoms with E-state index in [1.807, 2.05) is 60.4 Å². The van der Waals surface area contributed by atoms with Crippen LogP contribution >= 0.6 is 0 Å². The van der Waals surface area contributed by atoms with Gasteiger partial charge in [0, 0.05) is 13.1 Å². The summed E-state index contributed by atoms with van der Waals surface area (Å²) in [7, 11) is 0. The fourth-order valence-electron chi connectivity index (χ4n) is 2.84. The molecule has 1 N–H and O–H groups in total. The van der Waals surface area contributed by atoms with Crippen molar-refractivity contribution in [2.24, 2.45) is 5.10 Å². The monoisotopic (exact) mass is 351 g/mol. The topological polar surface area (TPSA) is 53.9 Å². The molecule has 136 valence electrons. The van der Waals surface area contributed by atoms with E-state index in [2.05, 4.69) is 17.5 Å². The van der Waals surface area contributed by atoms with Crippen LogP contribution in [0.25, 0.3) is 0 Å². The van der Waals surface area contributed by atoms with Crippen molar-refractivity contribution < 1.29 is 9.53 Å². The minimum Gasteiger partial charge on any atom is -0.484 e. The van der Waals surface area contributed by atoms with Crippen LogP contribution in [0.5, 0.6) is 5.75 Å². The predicted octanol–water partition coefficient (Wildman–Crippen LogP) is 3.83. The second-order valence-electron chi connectivity index (χ2n) is 6.58. The van der Waals surface area contributed by atoms with Crippen LogP contribution in [-0.2, 0) is 4.79 Å². The fourth-order valence-corrected chi connectivity index (χ4v) is 2.84. The van der Waals surface area contributed by atoms with Crippen molar-refractivity contribution in [3.05, 3.63) is 59.7 Å². The van der Waals surface area contributed by atoms with Gasteiger partial charge < -0.3 is 9.64 Å². The molecule has 0 radical (unpaired) electrons. The number of hydrazone groups is 1. The lowest BCUT2D eigenvalue weighted by Crippen LogP contribution is -2.32. The number of benzene rings is 2. The third-order valence-corrected chi connectivity index (χ3v) is 4.50. The molecule has 5 nitrogen and oxygen atoms in total. The highest BCUT2D eigenvalue weighted by atomic mass is 16.5. The van der Waals surface area contributed by atoms with E-state index in [0.717, 1.165) is 42.9 Å². The first-order chi connectivity index (χ1) is 12.6. The second kappa shape index (κ2) is 8.52. The van der Waals surface area contributed by atoms with Gasteiger partial charge >= 0.3 is 0 Å². The fraction of sp³-hybridized carbons (Fsp3) is 0.333. The van der Waals surface area contributed by atoms with E-state index in [4.69, 9.17) is 4.74 Å². The minimum atomic E-state index is 0.0617. The molecule has 0 unspecified atom stereocenters. The van der Waals surface area contributed by atoms with Gasteiger partial charge in [-0.3, -0.25) is 10.2 Å². The lowest BCUT2D eigenvalue weighted by atomic mass is 10.1. The molecule has 0 atom stereocenters. The molecule has 0 bridgehead atoms. The maximum Gasteiger partial charge on any atom is 0.260 e. The smallest absolute Gasteiger partial charge is 0.260 e. The summed E-state index contributed by atoms with van der Waals surface area (Å²) < 4.78 is 5.61. The summed E-state index contributed by atoms with van der Waals surface area (Å²) in [6.07, 6.45) is 2.19. The molecule has 0 spiro atoms. The first kappa shape index (κ1) is 18.0. The number of nitrogens with one attached hydrogen (secondary N) is 1. The first-order valence-corrected chi connectivity index (χ1v) is 9.00. The zero-order valence-electron chi connectivity index (χ0n) is 15.4. The van der Waals surface area contributed by atoms with Gasteiger partial charge in [-0.15, -0.1) is 0 Å². The molecular formula is C21H25N3O2. The Hall–Kier alpha value is -2.82. The van der Waals surface area contributed by atoms with Crippen molar-refractivity contribution in [2.45, 2.75) is 26.7 Å². The Morgan fingerprint density at radius 2 is 1.73 bits per heavy atom. The molecule has 5 heteroatoms. The number of likely N-dealkylation sites (tertiary alicyclic amines) is 1. The van der Waals surface area contributed by atoms with Gasteiger partial charge in [0.15, 0.2) is 6.61 Å². The van der Waals surface area contributed by atoms with Gasteiger partial charge in [-0.2, -0.15) is 5.10 Å². The molecule has 3 rings (SSSR count). The summed E-state index contributed by atoms with van der Waals surface area (Å²) >= 11 is 0. The molecule has 2 aromatic carbocycles. The van der Waals surface area contributed by atoms with Gasteiger partial charge in [0.1, 0.15) is 5.75 Å². The average molecular weight is 351 g/mol. The standard InChI is InChI=1S/C21H25N3O2/c1-16-5-9-19(10-6-16)23-22-17(2)18-7-11-20(12-8-18)26-15-21(25)24-13-3-4-14-24/h5-12,23H,3-4,13-15H2,1-2H3/b22-17-. The molecule has 1 heterocycles. The summed E-state index contributed by atoms with van der Waals surface area (Å²) in [5.74, 6) is 0.757. The van der Waals surface area contributed by atoms with Crippen LogP contribution in [0.4, 0.5) is 5.69 Å². The number of carbonyl (C=O) groups is 1. The van der Waals surface area contributed by atoms with E-state index in [0.29, 0.717) is 5.75 Å². The van der Waals surface area contributed by atoms with Gasteiger partial charge in [-0.1, -0.05) is 17.7 Å². The summed E-state index contributed by atoms with van der Waals surface area (Å²) in [6.45, 7) is 5.81. The highest BCUT2D eigenvalue weighted by Crippen LogP contribution is 2.15. The van der Waals surface area contributed by atoms with Crippen molar-refractivity contribution in [3.8, 4) is 5.75 Å². The molecule has 1 saturated heterocycles. The molecule has 0 aromatic heterocycles. The highest BCUT2D eigenvalue weighted by molar-refractivity contribution is 5.99. The van der Waals surface area contributed by atoms with Crippen LogP contribution in [0.1, 0.15) is 30.9 Å². The molecule has 2 aromatic rings. The van der Waals surface area contributed by atoms with E-state index < -0.39 is 0 Å². The van der Waals surface area contributed by atoms with Gasteiger partial charge in [-0.25, -0.2) is 0 Å². The molecule has 0 aliphatic carbocycles. The lowest BCUT2D eigenvalue weighted by molar-refractivity contribution is -0.132. The number of ether oxygens (including phenoxy) is 1. The number of carbonyl (C=O) groups excluding carboxylic acids is 1. The van der Waals surface area contributed by atoms with Crippen molar-refractivity contribution in [1.29, 1.82) is 0 Å². The second-order valence-corrected chi connectivity index (χ2v) is 6.58. The third kappa shape index (κ3) is 4.85. The molecular weight excluding hydrogens is 326 g/mol. The molecule has 1 aliphatic heterocycles. The quantitative estimate of drug-likeness (QED) is 0.636. The lowest BCUT2D eigenvalue weighted by Gasteiger charge is -2.15. The molecule has 1 aliphatic rings. The number of hydrogen-bond donors (Lipinski definition) is 1. The maximum atomic E-state index is 12.0. The molecule has 1 amide bonds. The Labute approximate surface area is 154 Å². The van der Waals surface area contributed by atoms with Crippen LogP contribution in [0.3, 0.4) is 0 Å². The Balaban J connectivity index is 1.53. The number of aryl methyl sites for hydroxylation is 1. The van der Waals surface area contributed by atoms with Crippen molar-refractivity contribution >= 4 is 17.3 Å². The Morgan fingerprint density at radius 1 is 1.08 bits per heavy atom. The SMILES string of the molecule is C/C(=N/Nc1ccc(C)cc1)c1ccc(OCC(=O)N2CCCC2)cc1. The zero-order valence-corrected chi connectivity index (χ0v) is 15.4. The van der Waals surface area contributed by atoms with E-state index in [1.54, 1.807) is 0 Å². The van der Waals surface area contributed by atoms with E-state index in [1.165, 1.54) is 5.56 Å². The normalized spacial score (nSPS) is 14.4. The van der Waals surface area contributed by atoms with Crippen molar-refractivity contribution in [2.75, 3.05) is 25.1 Å². The summed E-state index contributed by atoms with van der Waals surface area (Å²) in [4.78, 5) is 13.9. The summed E-state index contributed by atoms with van der Waals surface area (Å²) in [5.41, 5.74) is 7.12. The Kier molecular flexibility index (Phi) is 5.89. The van der Waals surface area contributed by atoms with E-state index >= 15 is 0 Å². The van der Waals surface area contributed by atoms with Gasteiger partial charge in [0.05, 0.1) is 11.4 Å². The zero-order chi connectivity index (χ0) is 18.4. The Bertz CT molecular complexity index is 761. The van der Waals surface area contributed by atoms with Crippen LogP contribution in [0, 0.1) is 6.92 Å². The summed E-state index contributed by atoms with van der Waals surface area (Å²) in [5, 5.41) is 4.42. The van der Waals surface area contributed by atoms with Gasteiger partial charge in [0.2, 0.25) is 0 Å². The van der Waals surface area contributed by atoms with Crippen molar-refractivity contribution in [3.63, 3.8) is 0 Å². The predicted molar refractivity (Wildman–Crippen MR) is 105 cm³/mol. The molecule has 26 heavy (non-hydrogen) atoms. The number of anilines is 1. The summed E-state index contributed by atoms with van der Waals surface area (Å²) in [6, 6.07) is 15.7. The van der Waals surface area contributed by atoms with Gasteiger partial charge in [-0.05, 0) is 68.7 Å². The van der Waals surface area contributed by atoms with Crippen LogP contribution in [0.2, 0.25) is 0 Å². The minimum absolute atomic E-state index is 0.0617. The maximum absolute atomic E-state index is 12.0. The third-order valence-electron chi connectivity index (χ3n) is 4.50. The Morgan fingerprint density at radius 3 is 2.38 bits per heavy atom. The van der Waals surface area contributed by atoms with Crippen molar-refractivity contribution in [1.82, 2.24) is 4.90 Å². The van der Waals surface area contributed by atoms with E-state index in [9.17, 15) is 4.79 Å². The van der Waals surface area contributed by atoms with Crippen LogP contribution in [0.15, 0.2) is 53.6 Å². The van der Waals surface area contributed by atoms with Crippen LogP contribution < -0.4 is 10.2 Å². The van der Waals surface area contributed by atoms with E-state index in [-0.39, 0.29) is 12.5 Å². The van der Waals surface area contributed by atoms with Gasteiger partial charge in [0.25, 0.3) is 5.91 Å². The highest BCUT2D eigenvalue weighted by Gasteiger charge is 2.18. The molecule has 0 saturated carbocycles. The number of rotatable bonds is 6. The number of hydrogen-bond acceptors (Lipinski definition) is 4. The number of nitrogens with zero attached hydrogens (tertiary/aromatic N) is 2. The average Bonchev–Trinajstić information content (AvgIpc) is 3.21. The first-order valence-electron chi connectivity index (χ1n) is 9.00. The largest absolute Gasteiger partial charge is 0.484 e. The van der Waals surface area contributed by atoms with Crippen LogP contribution in [-0.4, -0.2) is 36.2 Å². The number of amides is 1.